The molecule has 14 heavy (non-hydrogen) atoms. The maximum absolute atomic E-state index is 9.42. The van der Waals surface area contributed by atoms with Gasteiger partial charge in [-0.3, -0.25) is 0 Å². The number of hydrogen-bond donors (Lipinski definition) is 2. The van der Waals surface area contributed by atoms with Gasteiger partial charge in [-0.25, -0.2) is 0 Å². The number of rotatable bonds is 0. The van der Waals surface area contributed by atoms with E-state index in [0.29, 0.717) is 5.75 Å². The Kier molecular flexibility index (Phi) is 1.42. The van der Waals surface area contributed by atoms with Crippen molar-refractivity contribution in [2.75, 3.05) is 0 Å². The summed E-state index contributed by atoms with van der Waals surface area (Å²) in [7, 11) is 2.05. The fraction of sp³-hybridized carbons (Fsp3) is 0.273. The molecule has 72 valence electrons. The number of fused-ring (bicyclic) bond motifs is 3. The van der Waals surface area contributed by atoms with E-state index < -0.39 is 0 Å². The molecule has 0 spiro atoms. The van der Waals surface area contributed by atoms with Crippen LogP contribution in [0.25, 0.3) is 10.9 Å². The van der Waals surface area contributed by atoms with E-state index in [1.54, 1.807) is 6.07 Å². The zero-order valence-corrected chi connectivity index (χ0v) is 8.04. The summed E-state index contributed by atoms with van der Waals surface area (Å²) < 4.78 is 2.16. The highest BCUT2D eigenvalue weighted by atomic mass is 16.3. The van der Waals surface area contributed by atoms with Gasteiger partial charge < -0.3 is 15.0 Å². The summed E-state index contributed by atoms with van der Waals surface area (Å²) in [5.74, 6) is 0.338. The molecule has 1 aliphatic heterocycles. The van der Waals surface area contributed by atoms with Crippen molar-refractivity contribution in [3.8, 4) is 5.75 Å². The number of phenolic OH excluding ortho intramolecular Hbond substituents is 1. The van der Waals surface area contributed by atoms with E-state index in [-0.39, 0.29) is 0 Å². The largest absolute Gasteiger partial charge is 0.508 e. The van der Waals surface area contributed by atoms with Gasteiger partial charge in [0.25, 0.3) is 0 Å². The van der Waals surface area contributed by atoms with E-state index >= 15 is 0 Å². The van der Waals surface area contributed by atoms with Gasteiger partial charge in [0.05, 0.1) is 5.52 Å². The lowest BCUT2D eigenvalue weighted by Crippen LogP contribution is -2.04. The standard InChI is InChI=1S/C11H12N2O/c1-13-10-4-7(14)2-3-8(10)9-5-12-6-11(9)13/h2-4,12,14H,5-6H2,1H3. The molecule has 1 aliphatic rings. The second kappa shape index (κ2) is 2.51. The summed E-state index contributed by atoms with van der Waals surface area (Å²) in [4.78, 5) is 0. The average molecular weight is 188 g/mol. The van der Waals surface area contributed by atoms with Crippen molar-refractivity contribution in [2.45, 2.75) is 13.1 Å². The summed E-state index contributed by atoms with van der Waals surface area (Å²) in [5, 5.41) is 14.0. The van der Waals surface area contributed by atoms with Gasteiger partial charge in [-0.2, -0.15) is 0 Å². The summed E-state index contributed by atoms with van der Waals surface area (Å²) in [5.41, 5.74) is 3.84. The van der Waals surface area contributed by atoms with Crippen LogP contribution in [0.2, 0.25) is 0 Å². The maximum Gasteiger partial charge on any atom is 0.117 e. The first-order valence-corrected chi connectivity index (χ1v) is 4.77. The van der Waals surface area contributed by atoms with Gasteiger partial charge in [0.1, 0.15) is 5.75 Å². The molecule has 0 fully saturated rings. The lowest BCUT2D eigenvalue weighted by atomic mass is 10.1. The maximum atomic E-state index is 9.42. The predicted octanol–water partition coefficient (Wildman–Crippen LogP) is 1.49. The molecular weight excluding hydrogens is 176 g/mol. The lowest BCUT2D eigenvalue weighted by molar-refractivity contribution is 0.476. The predicted molar refractivity (Wildman–Crippen MR) is 55.1 cm³/mol. The van der Waals surface area contributed by atoms with Gasteiger partial charge in [-0.15, -0.1) is 0 Å². The van der Waals surface area contributed by atoms with Crippen molar-refractivity contribution >= 4 is 10.9 Å². The van der Waals surface area contributed by atoms with Crippen LogP contribution in [0.3, 0.4) is 0 Å². The number of benzene rings is 1. The number of aromatic hydroxyl groups is 1. The van der Waals surface area contributed by atoms with Gasteiger partial charge in [-0.05, 0) is 17.7 Å². The van der Waals surface area contributed by atoms with Crippen LogP contribution in [0.15, 0.2) is 18.2 Å². The van der Waals surface area contributed by atoms with Crippen molar-refractivity contribution in [3.05, 3.63) is 29.5 Å². The molecule has 0 atom stereocenters. The molecule has 3 rings (SSSR count). The Balaban J connectivity index is 2.45. The molecule has 1 aromatic carbocycles. The number of nitrogens with one attached hydrogen (secondary N) is 1. The Morgan fingerprint density at radius 3 is 3.07 bits per heavy atom. The first kappa shape index (κ1) is 7.88. The van der Waals surface area contributed by atoms with Crippen molar-refractivity contribution in [3.63, 3.8) is 0 Å². The second-order valence-corrected chi connectivity index (χ2v) is 3.79. The minimum atomic E-state index is 0.338. The van der Waals surface area contributed by atoms with Crippen LogP contribution < -0.4 is 5.32 Å². The monoisotopic (exact) mass is 188 g/mol. The third-order valence-corrected chi connectivity index (χ3v) is 3.02. The Morgan fingerprint density at radius 2 is 2.21 bits per heavy atom. The Bertz CT molecular complexity index is 513. The van der Waals surface area contributed by atoms with E-state index in [1.165, 1.54) is 16.6 Å². The highest BCUT2D eigenvalue weighted by Gasteiger charge is 2.18. The molecule has 0 saturated heterocycles. The normalized spacial score (nSPS) is 14.9. The second-order valence-electron chi connectivity index (χ2n) is 3.79. The Morgan fingerprint density at radius 1 is 1.36 bits per heavy atom. The first-order chi connectivity index (χ1) is 6.77. The molecule has 0 radical (unpaired) electrons. The molecule has 0 unspecified atom stereocenters. The number of aryl methyl sites for hydroxylation is 1. The highest BCUT2D eigenvalue weighted by molar-refractivity contribution is 5.87. The molecular formula is C11H12N2O. The average Bonchev–Trinajstić information content (AvgIpc) is 2.72. The molecule has 1 aromatic heterocycles. The first-order valence-electron chi connectivity index (χ1n) is 4.77. The number of phenols is 1. The quantitative estimate of drug-likeness (QED) is 0.657. The molecule has 3 heteroatoms. The third kappa shape index (κ3) is 0.849. The third-order valence-electron chi connectivity index (χ3n) is 3.02. The van der Waals surface area contributed by atoms with Crippen LogP contribution in [-0.2, 0) is 20.1 Å². The fourth-order valence-corrected chi connectivity index (χ4v) is 2.28. The number of hydrogen-bond acceptors (Lipinski definition) is 2. The molecule has 0 aliphatic carbocycles. The zero-order valence-electron chi connectivity index (χ0n) is 8.04. The van der Waals surface area contributed by atoms with Crippen molar-refractivity contribution in [2.24, 2.45) is 7.05 Å². The number of aromatic nitrogens is 1. The van der Waals surface area contributed by atoms with E-state index in [2.05, 4.69) is 9.88 Å². The molecule has 2 heterocycles. The smallest absolute Gasteiger partial charge is 0.117 e. The van der Waals surface area contributed by atoms with Crippen molar-refractivity contribution < 1.29 is 5.11 Å². The molecule has 0 amide bonds. The highest BCUT2D eigenvalue weighted by Crippen LogP contribution is 2.30. The van der Waals surface area contributed by atoms with Gasteiger partial charge in [0.15, 0.2) is 0 Å². The fourth-order valence-electron chi connectivity index (χ4n) is 2.28. The van der Waals surface area contributed by atoms with Gasteiger partial charge >= 0.3 is 0 Å². The van der Waals surface area contributed by atoms with Crippen LogP contribution in [0.1, 0.15) is 11.3 Å². The summed E-state index contributed by atoms with van der Waals surface area (Å²) in [6.07, 6.45) is 0. The number of nitrogens with zero attached hydrogens (tertiary/aromatic N) is 1. The van der Waals surface area contributed by atoms with Crippen LogP contribution in [0.4, 0.5) is 0 Å². The topological polar surface area (TPSA) is 37.2 Å². The van der Waals surface area contributed by atoms with Crippen molar-refractivity contribution in [1.29, 1.82) is 0 Å². The van der Waals surface area contributed by atoms with E-state index in [9.17, 15) is 5.11 Å². The van der Waals surface area contributed by atoms with Gasteiger partial charge in [0.2, 0.25) is 0 Å². The van der Waals surface area contributed by atoms with Gasteiger partial charge in [0, 0.05) is 37.3 Å². The minimum absolute atomic E-state index is 0.338. The molecule has 0 saturated carbocycles. The van der Waals surface area contributed by atoms with Crippen LogP contribution in [0.5, 0.6) is 5.75 Å². The lowest BCUT2D eigenvalue weighted by Gasteiger charge is -2.01. The summed E-state index contributed by atoms with van der Waals surface area (Å²) >= 11 is 0. The summed E-state index contributed by atoms with van der Waals surface area (Å²) in [6, 6.07) is 5.57. The minimum Gasteiger partial charge on any atom is -0.508 e. The van der Waals surface area contributed by atoms with E-state index in [4.69, 9.17) is 0 Å². The van der Waals surface area contributed by atoms with Gasteiger partial charge in [-0.1, -0.05) is 0 Å². The van der Waals surface area contributed by atoms with Crippen molar-refractivity contribution in [1.82, 2.24) is 9.88 Å². The van der Waals surface area contributed by atoms with Crippen LogP contribution >= 0.6 is 0 Å². The van der Waals surface area contributed by atoms with E-state index in [1.807, 2.05) is 19.2 Å². The zero-order chi connectivity index (χ0) is 9.71. The molecule has 2 N–H and O–H groups in total. The van der Waals surface area contributed by atoms with E-state index in [0.717, 1.165) is 18.6 Å². The summed E-state index contributed by atoms with van der Waals surface area (Å²) in [6.45, 7) is 1.87. The SMILES string of the molecule is Cn1c2c(c3ccc(O)cc31)CNC2. The Labute approximate surface area is 82.0 Å². The molecule has 2 aromatic rings. The molecule has 0 bridgehead atoms. The molecule has 3 nitrogen and oxygen atoms in total. The van der Waals surface area contributed by atoms with Crippen LogP contribution in [-0.4, -0.2) is 9.67 Å². The van der Waals surface area contributed by atoms with Crippen LogP contribution in [0, 0.1) is 0 Å². The Hall–Kier alpha value is -1.48.